The van der Waals surface area contributed by atoms with E-state index in [1.54, 1.807) is 6.07 Å². The molecule has 1 amide bonds. The topological polar surface area (TPSA) is 94.3 Å². The lowest BCUT2D eigenvalue weighted by Gasteiger charge is -2.08. The fraction of sp³-hybridized carbons (Fsp3) is 0.133. The van der Waals surface area contributed by atoms with Gasteiger partial charge in [-0.2, -0.15) is 0 Å². The van der Waals surface area contributed by atoms with Crippen LogP contribution in [0.3, 0.4) is 0 Å². The van der Waals surface area contributed by atoms with Crippen LogP contribution in [0.2, 0.25) is 0 Å². The number of para-hydroxylation sites is 1. The fourth-order valence-corrected chi connectivity index (χ4v) is 1.63. The summed E-state index contributed by atoms with van der Waals surface area (Å²) in [5, 5.41) is 2.67. The molecule has 0 bridgehead atoms. The minimum atomic E-state index is -0.671. The molecule has 0 saturated carbocycles. The van der Waals surface area contributed by atoms with Crippen LogP contribution in [0, 0.1) is 6.92 Å². The van der Waals surface area contributed by atoms with Gasteiger partial charge in [-0.15, -0.1) is 0 Å². The molecule has 108 valence electrons. The number of anilines is 2. The molecule has 3 N–H and O–H groups in total. The number of pyridine rings is 1. The second-order valence-corrected chi connectivity index (χ2v) is 4.42. The highest BCUT2D eigenvalue weighted by molar-refractivity contribution is 5.95. The molecular weight excluding hydrogens is 270 g/mol. The van der Waals surface area contributed by atoms with Crippen molar-refractivity contribution >= 4 is 23.3 Å². The molecule has 0 aliphatic rings. The van der Waals surface area contributed by atoms with Crippen LogP contribution >= 0.6 is 0 Å². The highest BCUT2D eigenvalue weighted by Gasteiger charge is 2.11. The zero-order chi connectivity index (χ0) is 15.2. The van der Waals surface area contributed by atoms with Gasteiger partial charge in [0.15, 0.2) is 6.61 Å². The quantitative estimate of drug-likeness (QED) is 0.835. The van der Waals surface area contributed by atoms with Crippen molar-refractivity contribution in [1.82, 2.24) is 4.98 Å². The molecule has 1 heterocycles. The van der Waals surface area contributed by atoms with Crippen LogP contribution in [0.5, 0.6) is 0 Å². The van der Waals surface area contributed by atoms with Crippen LogP contribution in [0.4, 0.5) is 11.4 Å². The second-order valence-electron chi connectivity index (χ2n) is 4.42. The average molecular weight is 285 g/mol. The van der Waals surface area contributed by atoms with Crippen LogP contribution < -0.4 is 11.1 Å². The first-order valence-corrected chi connectivity index (χ1v) is 6.30. The van der Waals surface area contributed by atoms with E-state index in [-0.39, 0.29) is 12.3 Å². The van der Waals surface area contributed by atoms with Crippen molar-refractivity contribution in [2.24, 2.45) is 0 Å². The van der Waals surface area contributed by atoms with Crippen molar-refractivity contribution < 1.29 is 14.3 Å². The molecule has 0 unspecified atom stereocenters. The summed E-state index contributed by atoms with van der Waals surface area (Å²) in [5.41, 5.74) is 7.64. The Morgan fingerprint density at radius 1 is 1.24 bits per heavy atom. The maximum Gasteiger partial charge on any atom is 0.357 e. The first-order valence-electron chi connectivity index (χ1n) is 6.30. The first kappa shape index (κ1) is 14.5. The second kappa shape index (κ2) is 6.51. The molecule has 1 aromatic heterocycles. The van der Waals surface area contributed by atoms with Crippen LogP contribution in [0.25, 0.3) is 0 Å². The van der Waals surface area contributed by atoms with Crippen LogP contribution in [0.15, 0.2) is 42.6 Å². The minimum Gasteiger partial charge on any atom is -0.451 e. The molecule has 0 spiro atoms. The molecule has 0 saturated heterocycles. The van der Waals surface area contributed by atoms with E-state index in [1.165, 1.54) is 18.3 Å². The van der Waals surface area contributed by atoms with Gasteiger partial charge in [0, 0.05) is 5.69 Å². The van der Waals surface area contributed by atoms with Crippen molar-refractivity contribution in [3.63, 3.8) is 0 Å². The Balaban J connectivity index is 1.88. The molecule has 1 aromatic carbocycles. The van der Waals surface area contributed by atoms with Crippen molar-refractivity contribution in [2.75, 3.05) is 17.7 Å². The molecule has 0 fully saturated rings. The zero-order valence-corrected chi connectivity index (χ0v) is 11.5. The van der Waals surface area contributed by atoms with Gasteiger partial charge in [0.25, 0.3) is 5.91 Å². The lowest BCUT2D eigenvalue weighted by atomic mass is 10.2. The van der Waals surface area contributed by atoms with E-state index in [2.05, 4.69) is 10.3 Å². The standard InChI is InChI=1S/C15H15N3O3/c1-10-4-2-3-5-12(10)18-14(19)9-21-15(20)13-7-6-11(16)8-17-13/h2-8H,9,16H2,1H3,(H,18,19). The van der Waals surface area contributed by atoms with Gasteiger partial charge in [-0.3, -0.25) is 4.79 Å². The van der Waals surface area contributed by atoms with Gasteiger partial charge in [-0.1, -0.05) is 18.2 Å². The Morgan fingerprint density at radius 2 is 2.00 bits per heavy atom. The molecule has 6 heteroatoms. The van der Waals surface area contributed by atoms with Gasteiger partial charge in [-0.25, -0.2) is 9.78 Å². The Bertz CT molecular complexity index is 653. The van der Waals surface area contributed by atoms with E-state index in [9.17, 15) is 9.59 Å². The van der Waals surface area contributed by atoms with E-state index >= 15 is 0 Å². The molecule has 6 nitrogen and oxygen atoms in total. The number of nitrogens with zero attached hydrogens (tertiary/aromatic N) is 1. The van der Waals surface area contributed by atoms with Gasteiger partial charge in [0.1, 0.15) is 5.69 Å². The Morgan fingerprint density at radius 3 is 2.67 bits per heavy atom. The molecule has 2 rings (SSSR count). The van der Waals surface area contributed by atoms with E-state index in [1.807, 2.05) is 25.1 Å². The van der Waals surface area contributed by atoms with Gasteiger partial charge >= 0.3 is 5.97 Å². The molecule has 0 aliphatic heterocycles. The predicted molar refractivity (Wildman–Crippen MR) is 78.7 cm³/mol. The number of amides is 1. The van der Waals surface area contributed by atoms with Crippen LogP contribution in [0.1, 0.15) is 16.1 Å². The third-order valence-corrected chi connectivity index (χ3v) is 2.75. The third-order valence-electron chi connectivity index (χ3n) is 2.75. The number of hydrogen-bond acceptors (Lipinski definition) is 5. The number of carbonyl (C=O) groups is 2. The van der Waals surface area contributed by atoms with Gasteiger partial charge in [0.05, 0.1) is 11.9 Å². The fourth-order valence-electron chi connectivity index (χ4n) is 1.63. The number of rotatable bonds is 4. The zero-order valence-electron chi connectivity index (χ0n) is 11.5. The third kappa shape index (κ3) is 4.04. The number of benzene rings is 1. The highest BCUT2D eigenvalue weighted by Crippen LogP contribution is 2.12. The lowest BCUT2D eigenvalue weighted by Crippen LogP contribution is -2.21. The summed E-state index contributed by atoms with van der Waals surface area (Å²) in [6.07, 6.45) is 1.35. The first-order chi connectivity index (χ1) is 10.1. The number of nitrogen functional groups attached to an aromatic ring is 1. The van der Waals surface area contributed by atoms with Crippen LogP contribution in [-0.2, 0) is 9.53 Å². The summed E-state index contributed by atoms with van der Waals surface area (Å²) < 4.78 is 4.89. The molecular formula is C15H15N3O3. The predicted octanol–water partition coefficient (Wildman–Crippen LogP) is 1.77. The van der Waals surface area contributed by atoms with E-state index in [0.29, 0.717) is 11.4 Å². The maximum atomic E-state index is 11.7. The molecule has 2 aromatic rings. The van der Waals surface area contributed by atoms with Crippen molar-refractivity contribution in [2.45, 2.75) is 6.92 Å². The van der Waals surface area contributed by atoms with Crippen LogP contribution in [-0.4, -0.2) is 23.5 Å². The van der Waals surface area contributed by atoms with E-state index in [4.69, 9.17) is 10.5 Å². The average Bonchev–Trinajstić information content (AvgIpc) is 2.48. The number of hydrogen-bond donors (Lipinski definition) is 2. The maximum absolute atomic E-state index is 11.7. The summed E-state index contributed by atoms with van der Waals surface area (Å²) in [6, 6.07) is 10.3. The molecule has 21 heavy (non-hydrogen) atoms. The van der Waals surface area contributed by atoms with Gasteiger partial charge in [0.2, 0.25) is 0 Å². The SMILES string of the molecule is Cc1ccccc1NC(=O)COC(=O)c1ccc(N)cn1. The summed E-state index contributed by atoms with van der Waals surface area (Å²) in [7, 11) is 0. The number of carbonyl (C=O) groups excluding carboxylic acids is 2. The van der Waals surface area contributed by atoms with Gasteiger partial charge in [-0.05, 0) is 30.7 Å². The highest BCUT2D eigenvalue weighted by atomic mass is 16.5. The number of esters is 1. The van der Waals surface area contributed by atoms with E-state index < -0.39 is 11.9 Å². The van der Waals surface area contributed by atoms with E-state index in [0.717, 1.165) is 5.56 Å². The van der Waals surface area contributed by atoms with Gasteiger partial charge < -0.3 is 15.8 Å². The number of aromatic nitrogens is 1. The lowest BCUT2D eigenvalue weighted by molar-refractivity contribution is -0.119. The number of nitrogens with one attached hydrogen (secondary N) is 1. The largest absolute Gasteiger partial charge is 0.451 e. The molecule has 0 radical (unpaired) electrons. The number of ether oxygens (including phenoxy) is 1. The number of aryl methyl sites for hydroxylation is 1. The monoisotopic (exact) mass is 285 g/mol. The normalized spacial score (nSPS) is 9.95. The summed E-state index contributed by atoms with van der Waals surface area (Å²) >= 11 is 0. The summed E-state index contributed by atoms with van der Waals surface area (Å²) in [5.74, 6) is -1.08. The summed E-state index contributed by atoms with van der Waals surface area (Å²) in [6.45, 7) is 1.50. The van der Waals surface area contributed by atoms with Crippen molar-refractivity contribution in [1.29, 1.82) is 0 Å². The Hall–Kier alpha value is -2.89. The minimum absolute atomic E-state index is 0.105. The van der Waals surface area contributed by atoms with Crippen molar-refractivity contribution in [3.8, 4) is 0 Å². The molecule has 0 aliphatic carbocycles. The Labute approximate surface area is 121 Å². The summed E-state index contributed by atoms with van der Waals surface area (Å²) in [4.78, 5) is 27.2. The van der Waals surface area contributed by atoms with Crippen molar-refractivity contribution in [3.05, 3.63) is 53.9 Å². The smallest absolute Gasteiger partial charge is 0.357 e. The number of nitrogens with two attached hydrogens (primary N) is 1. The Kier molecular flexibility index (Phi) is 4.50. The molecule has 0 atom stereocenters.